The van der Waals surface area contributed by atoms with Crippen molar-refractivity contribution in [1.82, 2.24) is 9.97 Å². The van der Waals surface area contributed by atoms with E-state index >= 15 is 0 Å². The van der Waals surface area contributed by atoms with Gasteiger partial charge in [-0.25, -0.2) is 18.2 Å². The molecule has 2 aromatic rings. The summed E-state index contributed by atoms with van der Waals surface area (Å²) in [5, 5.41) is 10.1. The first-order valence-corrected chi connectivity index (χ1v) is 5.76. The Labute approximate surface area is 118 Å². The Morgan fingerprint density at radius 2 is 1.81 bits per heavy atom. The third-order valence-electron chi connectivity index (χ3n) is 2.77. The number of benzene rings is 1. The number of rotatable bonds is 4. The lowest BCUT2D eigenvalue weighted by Gasteiger charge is -2.14. The van der Waals surface area contributed by atoms with Crippen molar-refractivity contribution in [3.8, 4) is 11.8 Å². The zero-order valence-electron chi connectivity index (χ0n) is 11.1. The van der Waals surface area contributed by atoms with Crippen LogP contribution in [0.25, 0.3) is 0 Å². The number of hydrogen-bond donors (Lipinski definition) is 1. The Morgan fingerprint density at radius 3 is 2.43 bits per heavy atom. The van der Waals surface area contributed by atoms with Gasteiger partial charge in [-0.05, 0) is 12.1 Å². The first kappa shape index (κ1) is 15.0. The number of hydrogen-bond acceptors (Lipinski definition) is 5. The summed E-state index contributed by atoms with van der Waals surface area (Å²) in [6, 6.07) is 1.63. The molecule has 0 aliphatic carbocycles. The van der Waals surface area contributed by atoms with Crippen molar-refractivity contribution in [3.05, 3.63) is 47.0 Å². The minimum absolute atomic E-state index is 0.119. The van der Waals surface area contributed by atoms with Gasteiger partial charge in [0.15, 0.2) is 17.5 Å². The smallest absolute Gasteiger partial charge is 0.241 e. The van der Waals surface area contributed by atoms with E-state index in [4.69, 9.17) is 9.47 Å². The molecular formula is C13H11F3N2O3. The highest BCUT2D eigenvalue weighted by Gasteiger charge is 2.25. The number of nitrogens with zero attached hydrogens (tertiary/aromatic N) is 2. The lowest BCUT2D eigenvalue weighted by molar-refractivity contribution is 0.199. The Hall–Kier alpha value is -2.35. The predicted octanol–water partition coefficient (Wildman–Crippen LogP) is 1.99. The standard InChI is InChI=1S/C13H11F3N2O3/c1-20-8-5-17-11(13(18-8)21-2)12(19)6-3-4-7(14)10(16)9(6)15/h3-5,12,19H,1-2H3. The molecule has 0 aliphatic rings. The van der Waals surface area contributed by atoms with E-state index in [1.807, 2.05) is 0 Å². The van der Waals surface area contributed by atoms with E-state index in [2.05, 4.69) is 9.97 Å². The predicted molar refractivity (Wildman–Crippen MR) is 65.5 cm³/mol. The average molecular weight is 300 g/mol. The Bertz CT molecular complexity index is 667. The maximum atomic E-state index is 13.7. The molecule has 0 spiro atoms. The molecule has 0 bridgehead atoms. The second kappa shape index (κ2) is 5.96. The van der Waals surface area contributed by atoms with Crippen LogP contribution < -0.4 is 9.47 Å². The normalized spacial score (nSPS) is 12.1. The van der Waals surface area contributed by atoms with Gasteiger partial charge in [-0.15, -0.1) is 0 Å². The van der Waals surface area contributed by atoms with Crippen LogP contribution in [0.5, 0.6) is 11.8 Å². The van der Waals surface area contributed by atoms with Gasteiger partial charge in [0.25, 0.3) is 0 Å². The van der Waals surface area contributed by atoms with Gasteiger partial charge >= 0.3 is 0 Å². The summed E-state index contributed by atoms with van der Waals surface area (Å²) >= 11 is 0. The Kier molecular flexibility index (Phi) is 4.27. The topological polar surface area (TPSA) is 64.5 Å². The summed E-state index contributed by atoms with van der Waals surface area (Å²) in [4.78, 5) is 7.71. The zero-order valence-corrected chi connectivity index (χ0v) is 11.1. The van der Waals surface area contributed by atoms with E-state index in [1.165, 1.54) is 20.4 Å². The van der Waals surface area contributed by atoms with Gasteiger partial charge in [-0.1, -0.05) is 0 Å². The summed E-state index contributed by atoms with van der Waals surface area (Å²) in [7, 11) is 2.62. The Balaban J connectivity index is 2.49. The molecule has 1 atom stereocenters. The van der Waals surface area contributed by atoms with Gasteiger partial charge in [0.1, 0.15) is 11.8 Å². The van der Waals surface area contributed by atoms with E-state index in [9.17, 15) is 18.3 Å². The number of halogens is 3. The van der Waals surface area contributed by atoms with E-state index in [-0.39, 0.29) is 17.5 Å². The van der Waals surface area contributed by atoms with Gasteiger partial charge in [0, 0.05) is 5.56 Å². The fourth-order valence-corrected chi connectivity index (χ4v) is 1.70. The monoisotopic (exact) mass is 300 g/mol. The molecule has 112 valence electrons. The molecule has 1 N–H and O–H groups in total. The minimum Gasteiger partial charge on any atom is -0.480 e. The molecule has 5 nitrogen and oxygen atoms in total. The second-order valence-electron chi connectivity index (χ2n) is 3.97. The van der Waals surface area contributed by atoms with E-state index < -0.39 is 29.1 Å². The first-order chi connectivity index (χ1) is 9.99. The van der Waals surface area contributed by atoms with Crippen molar-refractivity contribution >= 4 is 0 Å². The highest BCUT2D eigenvalue weighted by molar-refractivity contribution is 5.34. The molecule has 0 saturated carbocycles. The lowest BCUT2D eigenvalue weighted by Crippen LogP contribution is -2.10. The van der Waals surface area contributed by atoms with Crippen molar-refractivity contribution < 1.29 is 27.8 Å². The summed E-state index contributed by atoms with van der Waals surface area (Å²) < 4.78 is 49.6. The molecule has 1 aromatic heterocycles. The summed E-state index contributed by atoms with van der Waals surface area (Å²) in [5.74, 6) is -4.52. The number of aliphatic hydroxyl groups is 1. The van der Waals surface area contributed by atoms with Crippen molar-refractivity contribution in [2.24, 2.45) is 0 Å². The second-order valence-corrected chi connectivity index (χ2v) is 3.97. The molecule has 1 aromatic carbocycles. The molecule has 21 heavy (non-hydrogen) atoms. The van der Waals surface area contributed by atoms with Gasteiger partial charge < -0.3 is 14.6 Å². The largest absolute Gasteiger partial charge is 0.480 e. The first-order valence-electron chi connectivity index (χ1n) is 5.76. The van der Waals surface area contributed by atoms with E-state index in [1.54, 1.807) is 0 Å². The van der Waals surface area contributed by atoms with Gasteiger partial charge in [0.05, 0.1) is 20.4 Å². The molecule has 1 unspecified atom stereocenters. The number of methoxy groups -OCH3 is 2. The molecule has 0 radical (unpaired) electrons. The number of ether oxygens (including phenoxy) is 2. The van der Waals surface area contributed by atoms with Crippen molar-refractivity contribution in [2.75, 3.05) is 14.2 Å². The molecule has 0 aliphatic heterocycles. The fraction of sp³-hybridized carbons (Fsp3) is 0.231. The highest BCUT2D eigenvalue weighted by Crippen LogP contribution is 2.30. The quantitative estimate of drug-likeness (QED) is 0.875. The third kappa shape index (κ3) is 2.75. The average Bonchev–Trinajstić information content (AvgIpc) is 2.51. The molecule has 2 rings (SSSR count). The summed E-state index contributed by atoms with van der Waals surface area (Å²) in [5.41, 5.74) is -0.630. The molecule has 0 amide bonds. The van der Waals surface area contributed by atoms with Crippen LogP contribution in [0.2, 0.25) is 0 Å². The molecule has 1 heterocycles. The SMILES string of the molecule is COc1cnc(C(O)c2ccc(F)c(F)c2F)c(OC)n1. The summed E-state index contributed by atoms with van der Waals surface area (Å²) in [6.45, 7) is 0. The van der Waals surface area contributed by atoms with Crippen LogP contribution in [0.4, 0.5) is 13.2 Å². The van der Waals surface area contributed by atoms with Crippen molar-refractivity contribution in [2.45, 2.75) is 6.10 Å². The van der Waals surface area contributed by atoms with Crippen LogP contribution >= 0.6 is 0 Å². The van der Waals surface area contributed by atoms with Gasteiger partial charge in [0.2, 0.25) is 11.8 Å². The maximum Gasteiger partial charge on any atom is 0.241 e. The Morgan fingerprint density at radius 1 is 1.10 bits per heavy atom. The van der Waals surface area contributed by atoms with Crippen LogP contribution in [0.3, 0.4) is 0 Å². The molecule has 0 saturated heterocycles. The third-order valence-corrected chi connectivity index (χ3v) is 2.77. The lowest BCUT2D eigenvalue weighted by atomic mass is 10.1. The molecular weight excluding hydrogens is 289 g/mol. The highest BCUT2D eigenvalue weighted by atomic mass is 19.2. The van der Waals surface area contributed by atoms with Gasteiger partial charge in [-0.2, -0.15) is 4.98 Å². The van der Waals surface area contributed by atoms with Crippen LogP contribution in [0.15, 0.2) is 18.3 Å². The van der Waals surface area contributed by atoms with Crippen molar-refractivity contribution in [3.63, 3.8) is 0 Å². The van der Waals surface area contributed by atoms with Crippen LogP contribution in [-0.4, -0.2) is 29.3 Å². The zero-order chi connectivity index (χ0) is 15.6. The number of aliphatic hydroxyl groups excluding tert-OH is 1. The van der Waals surface area contributed by atoms with Crippen LogP contribution in [0, 0.1) is 17.5 Å². The summed E-state index contributed by atoms with van der Waals surface area (Å²) in [6.07, 6.45) is -0.493. The van der Waals surface area contributed by atoms with Crippen molar-refractivity contribution in [1.29, 1.82) is 0 Å². The molecule has 0 fully saturated rings. The maximum absolute atomic E-state index is 13.7. The minimum atomic E-state index is -1.67. The van der Waals surface area contributed by atoms with E-state index in [0.29, 0.717) is 6.07 Å². The van der Waals surface area contributed by atoms with Gasteiger partial charge in [-0.3, -0.25) is 0 Å². The van der Waals surface area contributed by atoms with Crippen LogP contribution in [0.1, 0.15) is 17.4 Å². The fourth-order valence-electron chi connectivity index (χ4n) is 1.70. The van der Waals surface area contributed by atoms with E-state index in [0.717, 1.165) is 6.07 Å². The number of aromatic nitrogens is 2. The molecule has 8 heteroatoms. The van der Waals surface area contributed by atoms with Crippen LogP contribution in [-0.2, 0) is 0 Å².